The maximum atomic E-state index is 14.4. The smallest absolute Gasteiger partial charge is 0.254 e. The lowest BCUT2D eigenvalue weighted by Crippen LogP contribution is -2.22. The number of pyridine rings is 1. The lowest BCUT2D eigenvalue weighted by molar-refractivity contribution is 0.513. The standard InChI is InChI=1S/C21H29FN3OPS/c1-14-10-11-18(17(22)12-14)23-20-19(13-15(2)21(26)25(20)3)24-28-27(4)16-8-6-5-7-9-16/h10-13,16,23-24H,5-9H2,1-4H3. The zero-order chi connectivity index (χ0) is 20.3. The second kappa shape index (κ2) is 9.32. The Labute approximate surface area is 171 Å². The molecular formula is C21H29FN3OPS. The van der Waals surface area contributed by atoms with E-state index in [1.807, 2.05) is 26.0 Å². The molecule has 0 radical (unpaired) electrons. The van der Waals surface area contributed by atoms with Crippen LogP contribution in [0.25, 0.3) is 0 Å². The van der Waals surface area contributed by atoms with Crippen molar-refractivity contribution in [2.45, 2.75) is 51.6 Å². The summed E-state index contributed by atoms with van der Waals surface area (Å²) in [5, 5.41) is 3.13. The third kappa shape index (κ3) is 4.90. The van der Waals surface area contributed by atoms with Gasteiger partial charge in [0, 0.05) is 12.6 Å². The summed E-state index contributed by atoms with van der Waals surface area (Å²) in [6, 6.07) is 6.91. The molecule has 1 aliphatic carbocycles. The van der Waals surface area contributed by atoms with Gasteiger partial charge in [0.15, 0.2) is 0 Å². The Hall–Kier alpha value is -1.52. The third-order valence-electron chi connectivity index (χ3n) is 5.36. The Bertz CT molecular complexity index is 896. The topological polar surface area (TPSA) is 46.1 Å². The van der Waals surface area contributed by atoms with Gasteiger partial charge < -0.3 is 10.0 Å². The van der Waals surface area contributed by atoms with Gasteiger partial charge >= 0.3 is 0 Å². The van der Waals surface area contributed by atoms with E-state index in [9.17, 15) is 9.18 Å². The molecule has 1 saturated carbocycles. The molecule has 0 spiro atoms. The summed E-state index contributed by atoms with van der Waals surface area (Å²) in [6.07, 6.45) is 6.63. The van der Waals surface area contributed by atoms with Crippen LogP contribution in [-0.2, 0) is 7.05 Å². The number of anilines is 3. The maximum absolute atomic E-state index is 14.4. The number of hydrogen-bond donors (Lipinski definition) is 2. The van der Waals surface area contributed by atoms with Crippen LogP contribution in [0.2, 0.25) is 0 Å². The van der Waals surface area contributed by atoms with E-state index in [1.165, 1.54) is 38.2 Å². The van der Waals surface area contributed by atoms with Gasteiger partial charge in [-0.3, -0.25) is 9.36 Å². The zero-order valence-corrected chi connectivity index (χ0v) is 18.7. The molecule has 0 saturated heterocycles. The third-order valence-corrected chi connectivity index (χ3v) is 9.54. The van der Waals surface area contributed by atoms with Gasteiger partial charge in [-0.2, -0.15) is 0 Å². The fourth-order valence-corrected chi connectivity index (χ4v) is 7.06. The highest BCUT2D eigenvalue weighted by molar-refractivity contribution is 8.56. The van der Waals surface area contributed by atoms with Crippen LogP contribution >= 0.6 is 18.7 Å². The molecule has 1 atom stereocenters. The van der Waals surface area contributed by atoms with Gasteiger partial charge in [0.25, 0.3) is 5.56 Å². The van der Waals surface area contributed by atoms with Crippen LogP contribution < -0.4 is 15.6 Å². The van der Waals surface area contributed by atoms with Crippen LogP contribution in [0.1, 0.15) is 43.2 Å². The van der Waals surface area contributed by atoms with Crippen molar-refractivity contribution in [1.82, 2.24) is 4.57 Å². The number of nitrogens with one attached hydrogen (secondary N) is 2. The molecule has 0 amide bonds. The molecule has 2 N–H and O–H groups in total. The Morgan fingerprint density at radius 1 is 1.14 bits per heavy atom. The van der Waals surface area contributed by atoms with Crippen LogP contribution in [0.15, 0.2) is 29.1 Å². The highest BCUT2D eigenvalue weighted by atomic mass is 32.7. The van der Waals surface area contributed by atoms with Crippen molar-refractivity contribution in [2.24, 2.45) is 7.05 Å². The highest BCUT2D eigenvalue weighted by Gasteiger charge is 2.21. The minimum absolute atomic E-state index is 0.0865. The zero-order valence-electron chi connectivity index (χ0n) is 17.0. The van der Waals surface area contributed by atoms with Gasteiger partial charge in [0.05, 0.1) is 11.4 Å². The molecule has 1 fully saturated rings. The molecule has 2 aromatic rings. The summed E-state index contributed by atoms with van der Waals surface area (Å²) in [7, 11) is 1.50. The number of aromatic nitrogens is 1. The average Bonchev–Trinajstić information content (AvgIpc) is 2.69. The van der Waals surface area contributed by atoms with E-state index < -0.39 is 0 Å². The van der Waals surface area contributed by atoms with Gasteiger partial charge in [-0.15, -0.1) is 0 Å². The molecule has 28 heavy (non-hydrogen) atoms. The minimum atomic E-state index is -0.327. The first-order chi connectivity index (χ1) is 13.4. The molecule has 7 heteroatoms. The first kappa shape index (κ1) is 21.2. The van der Waals surface area contributed by atoms with Crippen molar-refractivity contribution >= 4 is 35.9 Å². The molecule has 152 valence electrons. The van der Waals surface area contributed by atoms with Crippen LogP contribution in [0, 0.1) is 19.7 Å². The fraction of sp³-hybridized carbons (Fsp3) is 0.476. The Kier molecular flexibility index (Phi) is 7.05. The average molecular weight is 422 g/mol. The molecule has 1 aromatic heterocycles. The first-order valence-corrected chi connectivity index (χ1v) is 13.0. The number of benzene rings is 1. The monoisotopic (exact) mass is 421 g/mol. The first-order valence-electron chi connectivity index (χ1n) is 9.76. The second-order valence-corrected chi connectivity index (χ2v) is 12.1. The highest BCUT2D eigenvalue weighted by Crippen LogP contribution is 2.55. The normalized spacial score (nSPS) is 16.0. The van der Waals surface area contributed by atoms with Crippen molar-refractivity contribution in [3.63, 3.8) is 0 Å². The predicted octanol–water partition coefficient (Wildman–Crippen LogP) is 6.30. The van der Waals surface area contributed by atoms with Crippen molar-refractivity contribution in [1.29, 1.82) is 0 Å². The lowest BCUT2D eigenvalue weighted by Gasteiger charge is -2.28. The minimum Gasteiger partial charge on any atom is -0.337 e. The molecule has 0 aliphatic heterocycles. The number of hydrogen-bond acceptors (Lipinski definition) is 4. The number of rotatable bonds is 6. The Balaban J connectivity index is 1.84. The molecule has 4 nitrogen and oxygen atoms in total. The van der Waals surface area contributed by atoms with Crippen LogP contribution in [0.3, 0.4) is 0 Å². The molecule has 1 unspecified atom stereocenters. The van der Waals surface area contributed by atoms with Crippen LogP contribution in [0.5, 0.6) is 0 Å². The molecule has 0 bridgehead atoms. The van der Waals surface area contributed by atoms with Gasteiger partial charge in [-0.1, -0.05) is 25.3 Å². The van der Waals surface area contributed by atoms with Gasteiger partial charge in [0.1, 0.15) is 11.6 Å². The molecule has 1 heterocycles. The van der Waals surface area contributed by atoms with Crippen LogP contribution in [0.4, 0.5) is 21.6 Å². The molecule has 3 rings (SSSR count). The van der Waals surface area contributed by atoms with Gasteiger partial charge in [-0.05, 0) is 81.5 Å². The lowest BCUT2D eigenvalue weighted by atomic mass is 10.0. The summed E-state index contributed by atoms with van der Waals surface area (Å²) in [4.78, 5) is 12.5. The maximum Gasteiger partial charge on any atom is 0.254 e. The van der Waals surface area contributed by atoms with Crippen molar-refractivity contribution in [3.05, 3.63) is 51.6 Å². The van der Waals surface area contributed by atoms with Gasteiger partial charge in [-0.25, -0.2) is 4.39 Å². The summed E-state index contributed by atoms with van der Waals surface area (Å²) >= 11 is 1.76. The summed E-state index contributed by atoms with van der Waals surface area (Å²) in [5.74, 6) is 0.254. The van der Waals surface area contributed by atoms with E-state index in [-0.39, 0.29) is 18.5 Å². The Morgan fingerprint density at radius 3 is 2.54 bits per heavy atom. The number of nitrogens with zero attached hydrogens (tertiary/aromatic N) is 1. The van der Waals surface area contributed by atoms with E-state index in [4.69, 9.17) is 0 Å². The summed E-state index contributed by atoms with van der Waals surface area (Å²) < 4.78 is 19.4. The van der Waals surface area contributed by atoms with E-state index in [2.05, 4.69) is 16.7 Å². The Morgan fingerprint density at radius 2 is 1.86 bits per heavy atom. The summed E-state index contributed by atoms with van der Waals surface area (Å²) in [6.45, 7) is 5.99. The van der Waals surface area contributed by atoms with E-state index in [0.717, 1.165) is 16.9 Å². The predicted molar refractivity (Wildman–Crippen MR) is 122 cm³/mol. The SMILES string of the molecule is Cc1ccc(Nc2c(NSP(C)C3CCCCC3)cc(C)c(=O)n2C)c(F)c1. The quantitative estimate of drug-likeness (QED) is 0.424. The summed E-state index contributed by atoms with van der Waals surface area (Å²) in [5.41, 5.74) is 3.40. The molecular weight excluding hydrogens is 392 g/mol. The van der Waals surface area contributed by atoms with Gasteiger partial charge in [0.2, 0.25) is 0 Å². The van der Waals surface area contributed by atoms with Crippen molar-refractivity contribution < 1.29 is 4.39 Å². The fourth-order valence-electron chi connectivity index (χ4n) is 3.61. The van der Waals surface area contributed by atoms with E-state index in [0.29, 0.717) is 17.1 Å². The van der Waals surface area contributed by atoms with Crippen molar-refractivity contribution in [3.8, 4) is 0 Å². The van der Waals surface area contributed by atoms with Crippen molar-refractivity contribution in [2.75, 3.05) is 16.7 Å². The van der Waals surface area contributed by atoms with Crippen LogP contribution in [-0.4, -0.2) is 16.9 Å². The van der Waals surface area contributed by atoms with E-state index in [1.54, 1.807) is 29.2 Å². The number of halogens is 1. The molecule has 1 aromatic carbocycles. The number of aryl methyl sites for hydroxylation is 2. The molecule has 1 aliphatic rings. The second-order valence-electron chi connectivity index (χ2n) is 7.59. The van der Waals surface area contributed by atoms with E-state index >= 15 is 0 Å². The largest absolute Gasteiger partial charge is 0.337 e.